The van der Waals surface area contributed by atoms with E-state index in [9.17, 15) is 18.4 Å². The lowest BCUT2D eigenvalue weighted by Gasteiger charge is -2.24. The van der Waals surface area contributed by atoms with E-state index in [1.165, 1.54) is 22.8 Å². The van der Waals surface area contributed by atoms with Gasteiger partial charge in [0.05, 0.1) is 22.5 Å². The van der Waals surface area contributed by atoms with E-state index in [2.05, 4.69) is 15.6 Å². The average molecular weight is 490 g/mol. The van der Waals surface area contributed by atoms with Crippen molar-refractivity contribution in [3.05, 3.63) is 57.6 Å². The van der Waals surface area contributed by atoms with Gasteiger partial charge in [0.15, 0.2) is 0 Å². The summed E-state index contributed by atoms with van der Waals surface area (Å²) in [6.45, 7) is 5.09. The lowest BCUT2D eigenvalue weighted by atomic mass is 10.1. The molecule has 180 valence electrons. The predicted octanol–water partition coefficient (Wildman–Crippen LogP) is 3.13. The summed E-state index contributed by atoms with van der Waals surface area (Å²) in [5.41, 5.74) is 1.10. The molecular formula is C24H26ClF2N5O2. The minimum atomic E-state index is -1.03. The first-order valence-electron chi connectivity index (χ1n) is 11.1. The number of benzene rings is 2. The maximum atomic E-state index is 14.1. The van der Waals surface area contributed by atoms with Crippen LogP contribution in [-0.4, -0.2) is 53.9 Å². The van der Waals surface area contributed by atoms with Crippen LogP contribution in [0.4, 0.5) is 14.5 Å². The number of hydrogen-bond acceptors (Lipinski definition) is 5. The van der Waals surface area contributed by atoms with E-state index in [-0.39, 0.29) is 42.4 Å². The van der Waals surface area contributed by atoms with Crippen molar-refractivity contribution in [2.75, 3.05) is 31.1 Å². The molecule has 0 bridgehead atoms. The summed E-state index contributed by atoms with van der Waals surface area (Å²) in [4.78, 5) is 32.7. The maximum Gasteiger partial charge on any atom is 0.262 e. The van der Waals surface area contributed by atoms with Gasteiger partial charge in [-0.25, -0.2) is 13.8 Å². The van der Waals surface area contributed by atoms with E-state index in [1.54, 1.807) is 18.2 Å². The maximum absolute atomic E-state index is 14.1. The molecule has 7 nitrogen and oxygen atoms in total. The van der Waals surface area contributed by atoms with Crippen LogP contribution in [0.25, 0.3) is 22.3 Å². The Balaban J connectivity index is 1.85. The van der Waals surface area contributed by atoms with Crippen molar-refractivity contribution < 1.29 is 13.6 Å². The monoisotopic (exact) mass is 489 g/mol. The van der Waals surface area contributed by atoms with Crippen LogP contribution in [0.15, 0.2) is 41.2 Å². The van der Waals surface area contributed by atoms with Crippen molar-refractivity contribution in [3.8, 4) is 11.4 Å². The van der Waals surface area contributed by atoms with Gasteiger partial charge in [0.25, 0.3) is 5.56 Å². The van der Waals surface area contributed by atoms with Crippen molar-refractivity contribution in [1.82, 2.24) is 20.2 Å². The van der Waals surface area contributed by atoms with Gasteiger partial charge in [0, 0.05) is 36.9 Å². The third kappa shape index (κ3) is 5.20. The molecule has 1 amide bonds. The highest BCUT2D eigenvalue weighted by Crippen LogP contribution is 2.26. The van der Waals surface area contributed by atoms with Gasteiger partial charge in [-0.2, -0.15) is 0 Å². The Bertz CT molecular complexity index is 1280. The quantitative estimate of drug-likeness (QED) is 0.575. The molecule has 2 N–H and O–H groups in total. The Morgan fingerprint density at radius 1 is 1.29 bits per heavy atom. The van der Waals surface area contributed by atoms with Gasteiger partial charge >= 0.3 is 0 Å². The Kier molecular flexibility index (Phi) is 7.13. The normalized spacial score (nSPS) is 16.6. The van der Waals surface area contributed by atoms with Crippen molar-refractivity contribution in [3.63, 3.8) is 0 Å². The first-order valence-corrected chi connectivity index (χ1v) is 11.5. The number of halogens is 3. The zero-order chi connectivity index (χ0) is 24.4. The van der Waals surface area contributed by atoms with Gasteiger partial charge in [-0.05, 0) is 50.2 Å². The number of carbonyl (C=O) groups is 1. The fourth-order valence-corrected chi connectivity index (χ4v) is 4.20. The molecular weight excluding hydrogens is 464 g/mol. The first kappa shape index (κ1) is 24.1. The second-order valence-corrected chi connectivity index (χ2v) is 9.03. The summed E-state index contributed by atoms with van der Waals surface area (Å²) >= 11 is 5.97. The van der Waals surface area contributed by atoms with Gasteiger partial charge in [0.2, 0.25) is 5.91 Å². The molecule has 2 aromatic carbocycles. The molecule has 1 atom stereocenters. The lowest BCUT2D eigenvalue weighted by Crippen LogP contribution is -2.37. The number of amides is 1. The molecule has 34 heavy (non-hydrogen) atoms. The van der Waals surface area contributed by atoms with Crippen LogP contribution in [0.2, 0.25) is 5.02 Å². The fraction of sp³-hybridized carbons (Fsp3) is 0.375. The number of alkyl halides is 1. The third-order valence-corrected chi connectivity index (χ3v) is 5.86. The minimum Gasteiger partial charge on any atom is -0.367 e. The van der Waals surface area contributed by atoms with Crippen LogP contribution >= 0.6 is 11.6 Å². The van der Waals surface area contributed by atoms with E-state index in [0.717, 1.165) is 0 Å². The number of anilines is 1. The van der Waals surface area contributed by atoms with Crippen molar-refractivity contribution >= 4 is 34.1 Å². The molecule has 3 aromatic rings. The van der Waals surface area contributed by atoms with Crippen LogP contribution in [0.5, 0.6) is 0 Å². The van der Waals surface area contributed by atoms with Crippen LogP contribution < -0.4 is 21.1 Å². The molecule has 1 aliphatic rings. The highest BCUT2D eigenvalue weighted by atomic mass is 35.5. The average Bonchev–Trinajstić information content (AvgIpc) is 3.01. The number of rotatable bonds is 5. The van der Waals surface area contributed by atoms with Gasteiger partial charge in [-0.1, -0.05) is 11.6 Å². The molecule has 0 aliphatic carbocycles. The number of nitrogens with one attached hydrogen (secondary N) is 2. The SMILES string of the molecule is CC(C)NC(=O)Cn1c(-c2ccc(F)c(Cl)c2)nc2ccc(N3CCNCC(F)C3)cc2c1=O. The first-order chi connectivity index (χ1) is 16.2. The zero-order valence-corrected chi connectivity index (χ0v) is 19.7. The van der Waals surface area contributed by atoms with E-state index < -0.39 is 17.5 Å². The number of aromatic nitrogens is 2. The number of hydrogen-bond donors (Lipinski definition) is 2. The summed E-state index contributed by atoms with van der Waals surface area (Å²) in [6, 6.07) is 9.09. The van der Waals surface area contributed by atoms with E-state index in [1.807, 2.05) is 18.7 Å². The second-order valence-electron chi connectivity index (χ2n) is 8.63. The number of fused-ring (bicyclic) bond motifs is 1. The van der Waals surface area contributed by atoms with Crippen LogP contribution in [0, 0.1) is 5.82 Å². The Morgan fingerprint density at radius 3 is 2.82 bits per heavy atom. The smallest absolute Gasteiger partial charge is 0.262 e. The Labute approximate surface area is 200 Å². The van der Waals surface area contributed by atoms with E-state index in [0.29, 0.717) is 35.2 Å². The van der Waals surface area contributed by atoms with Gasteiger partial charge < -0.3 is 15.5 Å². The second kappa shape index (κ2) is 10.1. The lowest BCUT2D eigenvalue weighted by molar-refractivity contribution is -0.122. The standard InChI is InChI=1S/C24H26ClF2N5O2/c1-14(2)29-22(33)13-32-23(15-3-5-20(27)19(25)9-15)30-21-6-4-17(10-18(21)24(32)34)31-8-7-28-11-16(26)12-31/h3-6,9-10,14,16,28H,7-8,11-13H2,1-2H3,(H,29,33). The Morgan fingerprint density at radius 2 is 2.09 bits per heavy atom. The highest BCUT2D eigenvalue weighted by molar-refractivity contribution is 6.31. The minimum absolute atomic E-state index is 0.114. The van der Waals surface area contributed by atoms with Gasteiger partial charge in [-0.3, -0.25) is 14.2 Å². The molecule has 4 rings (SSSR count). The van der Waals surface area contributed by atoms with E-state index in [4.69, 9.17) is 11.6 Å². The molecule has 0 saturated carbocycles. The Hall–Kier alpha value is -3.04. The van der Waals surface area contributed by atoms with Crippen LogP contribution in [-0.2, 0) is 11.3 Å². The topological polar surface area (TPSA) is 79.3 Å². The molecule has 10 heteroatoms. The summed E-state index contributed by atoms with van der Waals surface area (Å²) in [5, 5.41) is 6.01. The fourth-order valence-electron chi connectivity index (χ4n) is 4.02. The molecule has 1 aromatic heterocycles. The molecule has 1 unspecified atom stereocenters. The summed E-state index contributed by atoms with van der Waals surface area (Å²) in [6.07, 6.45) is -1.03. The predicted molar refractivity (Wildman–Crippen MR) is 130 cm³/mol. The van der Waals surface area contributed by atoms with Crippen LogP contribution in [0.3, 0.4) is 0 Å². The van der Waals surface area contributed by atoms with Gasteiger partial charge in [0.1, 0.15) is 24.4 Å². The molecule has 0 radical (unpaired) electrons. The summed E-state index contributed by atoms with van der Waals surface area (Å²) < 4.78 is 29.1. The summed E-state index contributed by atoms with van der Waals surface area (Å²) in [5.74, 6) is -0.753. The number of carbonyl (C=O) groups excluding carboxylic acids is 1. The van der Waals surface area contributed by atoms with Crippen molar-refractivity contribution in [2.24, 2.45) is 0 Å². The molecule has 2 heterocycles. The van der Waals surface area contributed by atoms with Crippen LogP contribution in [0.1, 0.15) is 13.8 Å². The van der Waals surface area contributed by atoms with Crippen molar-refractivity contribution in [2.45, 2.75) is 32.6 Å². The molecule has 1 saturated heterocycles. The number of nitrogens with zero attached hydrogens (tertiary/aromatic N) is 3. The van der Waals surface area contributed by atoms with Gasteiger partial charge in [-0.15, -0.1) is 0 Å². The van der Waals surface area contributed by atoms with Crippen molar-refractivity contribution in [1.29, 1.82) is 0 Å². The molecule has 1 fully saturated rings. The largest absolute Gasteiger partial charge is 0.367 e. The molecule has 0 spiro atoms. The third-order valence-electron chi connectivity index (χ3n) is 5.57. The molecule has 1 aliphatic heterocycles. The summed E-state index contributed by atoms with van der Waals surface area (Å²) in [7, 11) is 0. The highest BCUT2D eigenvalue weighted by Gasteiger charge is 2.20. The van der Waals surface area contributed by atoms with E-state index >= 15 is 0 Å². The zero-order valence-electron chi connectivity index (χ0n) is 18.9.